The van der Waals surface area contributed by atoms with Gasteiger partial charge in [0.1, 0.15) is 6.04 Å². The van der Waals surface area contributed by atoms with Gasteiger partial charge in [-0.3, -0.25) is 9.59 Å². The van der Waals surface area contributed by atoms with Crippen LogP contribution in [0.15, 0.2) is 0 Å². The normalized spacial score (nSPS) is 23.7. The molecule has 0 aromatic carbocycles. The fourth-order valence-electron chi connectivity index (χ4n) is 2.42. The van der Waals surface area contributed by atoms with E-state index in [1.807, 2.05) is 0 Å². The summed E-state index contributed by atoms with van der Waals surface area (Å²) >= 11 is 0. The Hall–Kier alpha value is -1.10. The van der Waals surface area contributed by atoms with E-state index in [0.717, 1.165) is 12.8 Å². The summed E-state index contributed by atoms with van der Waals surface area (Å²) in [6, 6.07) is -0.764. The van der Waals surface area contributed by atoms with Gasteiger partial charge in [0.05, 0.1) is 0 Å². The molecule has 2 atom stereocenters. The van der Waals surface area contributed by atoms with Crippen LogP contribution < -0.4 is 11.5 Å². The molecule has 2 amide bonds. The summed E-state index contributed by atoms with van der Waals surface area (Å²) in [5.41, 5.74) is 11.0. The van der Waals surface area contributed by atoms with E-state index < -0.39 is 11.9 Å². The van der Waals surface area contributed by atoms with E-state index in [2.05, 4.69) is 20.8 Å². The van der Waals surface area contributed by atoms with Crippen molar-refractivity contribution in [2.45, 2.75) is 46.1 Å². The Morgan fingerprint density at radius 1 is 1.44 bits per heavy atom. The number of hydrogen-bond donors (Lipinski definition) is 2. The van der Waals surface area contributed by atoms with Crippen molar-refractivity contribution in [2.24, 2.45) is 22.8 Å². The highest BCUT2D eigenvalue weighted by atomic mass is 16.2. The van der Waals surface area contributed by atoms with Crippen molar-refractivity contribution in [2.75, 3.05) is 13.1 Å². The molecule has 18 heavy (non-hydrogen) atoms. The molecule has 1 saturated heterocycles. The first-order valence-corrected chi connectivity index (χ1v) is 6.54. The van der Waals surface area contributed by atoms with E-state index in [-0.39, 0.29) is 17.9 Å². The van der Waals surface area contributed by atoms with Crippen LogP contribution >= 0.6 is 0 Å². The Morgan fingerprint density at radius 3 is 2.56 bits per heavy atom. The molecule has 0 radical (unpaired) electrons. The van der Waals surface area contributed by atoms with Crippen LogP contribution in [-0.4, -0.2) is 35.8 Å². The monoisotopic (exact) mass is 255 g/mol. The van der Waals surface area contributed by atoms with Gasteiger partial charge >= 0.3 is 0 Å². The summed E-state index contributed by atoms with van der Waals surface area (Å²) in [6.45, 7) is 7.51. The minimum atomic E-state index is -0.764. The average molecular weight is 255 g/mol. The SMILES string of the molecule is CC(C)(C)C1CCC(=O)N(CC(N)C(N)=O)CC1. The molecule has 4 N–H and O–H groups in total. The van der Waals surface area contributed by atoms with Crippen molar-refractivity contribution < 1.29 is 9.59 Å². The predicted molar refractivity (Wildman–Crippen MR) is 70.5 cm³/mol. The molecule has 5 heteroatoms. The molecule has 0 bridgehead atoms. The maximum atomic E-state index is 12.0. The Bertz CT molecular complexity index is 323. The third-order valence-electron chi connectivity index (χ3n) is 3.81. The first kappa shape index (κ1) is 15.0. The lowest BCUT2D eigenvalue weighted by Gasteiger charge is -2.29. The minimum Gasteiger partial charge on any atom is -0.368 e. The Balaban J connectivity index is 2.62. The third kappa shape index (κ3) is 3.98. The molecular formula is C13H25N3O2. The van der Waals surface area contributed by atoms with Gasteiger partial charge < -0.3 is 16.4 Å². The van der Waals surface area contributed by atoms with Crippen molar-refractivity contribution >= 4 is 11.8 Å². The van der Waals surface area contributed by atoms with Gasteiger partial charge in [-0.1, -0.05) is 20.8 Å². The molecular weight excluding hydrogens is 230 g/mol. The third-order valence-corrected chi connectivity index (χ3v) is 3.81. The van der Waals surface area contributed by atoms with Crippen molar-refractivity contribution in [3.8, 4) is 0 Å². The summed E-state index contributed by atoms with van der Waals surface area (Å²) < 4.78 is 0. The predicted octanol–water partition coefficient (Wildman–Crippen LogP) is 0.474. The maximum Gasteiger partial charge on any atom is 0.236 e. The Labute approximate surface area is 109 Å². The van der Waals surface area contributed by atoms with Gasteiger partial charge in [-0.15, -0.1) is 0 Å². The maximum absolute atomic E-state index is 12.0. The zero-order valence-corrected chi connectivity index (χ0v) is 11.6. The van der Waals surface area contributed by atoms with Gasteiger partial charge in [-0.05, 0) is 24.2 Å². The lowest BCUT2D eigenvalue weighted by Crippen LogP contribution is -2.47. The second kappa shape index (κ2) is 5.69. The molecule has 1 heterocycles. The molecule has 2 unspecified atom stereocenters. The smallest absolute Gasteiger partial charge is 0.236 e. The van der Waals surface area contributed by atoms with Crippen LogP contribution in [0.5, 0.6) is 0 Å². The van der Waals surface area contributed by atoms with Gasteiger partial charge in [0.25, 0.3) is 0 Å². The summed E-state index contributed by atoms with van der Waals surface area (Å²) in [7, 11) is 0. The van der Waals surface area contributed by atoms with Crippen molar-refractivity contribution in [3.05, 3.63) is 0 Å². The Morgan fingerprint density at radius 2 is 2.06 bits per heavy atom. The quantitative estimate of drug-likeness (QED) is 0.768. The van der Waals surface area contributed by atoms with Crippen LogP contribution in [0.25, 0.3) is 0 Å². The number of primary amides is 1. The van der Waals surface area contributed by atoms with Gasteiger partial charge in [-0.2, -0.15) is 0 Å². The van der Waals surface area contributed by atoms with Gasteiger partial charge in [0, 0.05) is 19.5 Å². The Kier molecular flexibility index (Phi) is 4.73. The number of hydrogen-bond acceptors (Lipinski definition) is 3. The fraction of sp³-hybridized carbons (Fsp3) is 0.846. The lowest BCUT2D eigenvalue weighted by molar-refractivity contribution is -0.131. The molecule has 1 fully saturated rings. The zero-order valence-electron chi connectivity index (χ0n) is 11.6. The topological polar surface area (TPSA) is 89.4 Å². The standard InChI is InChI=1S/C13H25N3O2/c1-13(2,3)9-4-5-11(17)16(7-6-9)8-10(14)12(15)18/h9-10H,4-8,14H2,1-3H3,(H2,15,18). The molecule has 1 rings (SSSR count). The van der Waals surface area contributed by atoms with E-state index in [9.17, 15) is 9.59 Å². The molecule has 0 spiro atoms. The number of nitrogens with zero attached hydrogens (tertiary/aromatic N) is 1. The fourth-order valence-corrected chi connectivity index (χ4v) is 2.42. The largest absolute Gasteiger partial charge is 0.368 e. The molecule has 5 nitrogen and oxygen atoms in total. The van der Waals surface area contributed by atoms with Gasteiger partial charge in [0.15, 0.2) is 0 Å². The van der Waals surface area contributed by atoms with Gasteiger partial charge in [0.2, 0.25) is 11.8 Å². The highest BCUT2D eigenvalue weighted by Crippen LogP contribution is 2.34. The molecule has 104 valence electrons. The van der Waals surface area contributed by atoms with E-state index in [1.165, 1.54) is 0 Å². The molecule has 1 aliphatic rings. The second-order valence-corrected chi connectivity index (χ2v) is 6.24. The minimum absolute atomic E-state index is 0.0819. The van der Waals surface area contributed by atoms with E-state index in [1.54, 1.807) is 4.90 Å². The number of amides is 2. The van der Waals surface area contributed by atoms with Crippen LogP contribution in [0.2, 0.25) is 0 Å². The molecule has 1 aliphatic heterocycles. The van der Waals surface area contributed by atoms with Crippen LogP contribution in [0.3, 0.4) is 0 Å². The number of rotatable bonds is 3. The molecule has 0 aliphatic carbocycles. The van der Waals surface area contributed by atoms with E-state index >= 15 is 0 Å². The van der Waals surface area contributed by atoms with Crippen molar-refractivity contribution in [1.82, 2.24) is 4.90 Å². The zero-order chi connectivity index (χ0) is 13.9. The number of carbonyl (C=O) groups is 2. The van der Waals surface area contributed by atoms with E-state index in [0.29, 0.717) is 18.9 Å². The average Bonchev–Trinajstić information content (AvgIpc) is 2.41. The van der Waals surface area contributed by atoms with Crippen LogP contribution in [-0.2, 0) is 9.59 Å². The lowest BCUT2D eigenvalue weighted by atomic mass is 9.77. The summed E-state index contributed by atoms with van der Waals surface area (Å²) in [5.74, 6) is 0.0501. The van der Waals surface area contributed by atoms with Gasteiger partial charge in [-0.25, -0.2) is 0 Å². The first-order valence-electron chi connectivity index (χ1n) is 6.54. The highest BCUT2D eigenvalue weighted by molar-refractivity contribution is 5.81. The van der Waals surface area contributed by atoms with Crippen molar-refractivity contribution in [1.29, 1.82) is 0 Å². The van der Waals surface area contributed by atoms with Crippen LogP contribution in [0.1, 0.15) is 40.0 Å². The summed E-state index contributed by atoms with van der Waals surface area (Å²) in [6.07, 6.45) is 2.40. The molecule has 0 aromatic rings. The van der Waals surface area contributed by atoms with Crippen LogP contribution in [0, 0.1) is 11.3 Å². The number of nitrogens with two attached hydrogens (primary N) is 2. The molecule has 0 aromatic heterocycles. The highest BCUT2D eigenvalue weighted by Gasteiger charge is 2.30. The number of carbonyl (C=O) groups excluding carboxylic acids is 2. The van der Waals surface area contributed by atoms with Crippen LogP contribution in [0.4, 0.5) is 0 Å². The molecule has 0 saturated carbocycles. The van der Waals surface area contributed by atoms with Crippen molar-refractivity contribution in [3.63, 3.8) is 0 Å². The summed E-state index contributed by atoms with van der Waals surface area (Å²) in [4.78, 5) is 24.6. The first-order chi connectivity index (χ1) is 8.21. The number of likely N-dealkylation sites (tertiary alicyclic amines) is 1. The summed E-state index contributed by atoms with van der Waals surface area (Å²) in [5, 5.41) is 0. The second-order valence-electron chi connectivity index (χ2n) is 6.24. The van der Waals surface area contributed by atoms with E-state index in [4.69, 9.17) is 11.5 Å².